The zero-order valence-electron chi connectivity index (χ0n) is 9.89. The molecule has 0 fully saturated rings. The van der Waals surface area contributed by atoms with E-state index < -0.39 is 12.6 Å². The van der Waals surface area contributed by atoms with Crippen LogP contribution in [0.3, 0.4) is 0 Å². The maximum atomic E-state index is 12.3. The second kappa shape index (κ2) is 4.48. The Bertz CT molecular complexity index is 396. The average Bonchev–Trinajstić information content (AvgIpc) is 2.13. The summed E-state index contributed by atoms with van der Waals surface area (Å²) in [5, 5.41) is 0. The van der Waals surface area contributed by atoms with Crippen molar-refractivity contribution in [3.8, 4) is 0 Å². The molecular formula is C10H15F3N4. The van der Waals surface area contributed by atoms with Crippen LogP contribution in [0.5, 0.6) is 0 Å². The van der Waals surface area contributed by atoms with Crippen LogP contribution >= 0.6 is 0 Å². The number of nitrogen functional groups attached to an aromatic ring is 1. The molecule has 0 bridgehead atoms. The average molecular weight is 248 g/mol. The summed E-state index contributed by atoms with van der Waals surface area (Å²) in [6, 6.07) is 1.54. The lowest BCUT2D eigenvalue weighted by atomic mass is 9.92. The van der Waals surface area contributed by atoms with E-state index in [1.165, 1.54) is 0 Å². The molecule has 0 radical (unpaired) electrons. The highest BCUT2D eigenvalue weighted by Crippen LogP contribution is 2.25. The Morgan fingerprint density at radius 1 is 1.24 bits per heavy atom. The zero-order chi connectivity index (χ0) is 13.3. The molecular weight excluding hydrogens is 233 g/mol. The Morgan fingerprint density at radius 3 is 2.24 bits per heavy atom. The number of aromatic nitrogens is 2. The predicted octanol–water partition coefficient (Wildman–Crippen LogP) is 2.16. The minimum atomic E-state index is -4.33. The highest BCUT2D eigenvalue weighted by molar-refractivity contribution is 5.36. The van der Waals surface area contributed by atoms with E-state index in [1.54, 1.807) is 6.07 Å². The molecule has 1 aromatic rings. The van der Waals surface area contributed by atoms with Crippen molar-refractivity contribution in [1.82, 2.24) is 9.97 Å². The van der Waals surface area contributed by atoms with Gasteiger partial charge >= 0.3 is 6.18 Å². The smallest absolute Gasteiger partial charge is 0.308 e. The molecule has 0 atom stereocenters. The van der Waals surface area contributed by atoms with Crippen LogP contribution in [0.1, 0.15) is 32.3 Å². The minimum Gasteiger partial charge on any atom is -0.308 e. The Hall–Kier alpha value is -1.37. The summed E-state index contributed by atoms with van der Waals surface area (Å²) in [7, 11) is 0. The fraction of sp³-hybridized carbons (Fsp3) is 0.600. The number of hydrogen-bond acceptors (Lipinski definition) is 4. The Balaban J connectivity index is 3.15. The maximum absolute atomic E-state index is 12.3. The van der Waals surface area contributed by atoms with Crippen molar-refractivity contribution in [3.63, 3.8) is 0 Å². The van der Waals surface area contributed by atoms with Gasteiger partial charge in [0.2, 0.25) is 0 Å². The van der Waals surface area contributed by atoms with Crippen molar-refractivity contribution in [2.24, 2.45) is 5.84 Å². The zero-order valence-corrected chi connectivity index (χ0v) is 9.89. The van der Waals surface area contributed by atoms with Gasteiger partial charge in [0.25, 0.3) is 0 Å². The fourth-order valence-electron chi connectivity index (χ4n) is 1.21. The van der Waals surface area contributed by atoms with Gasteiger partial charge in [-0.15, -0.1) is 0 Å². The second-order valence-electron chi connectivity index (χ2n) is 4.74. The Labute approximate surface area is 97.4 Å². The predicted molar refractivity (Wildman–Crippen MR) is 58.3 cm³/mol. The molecule has 0 amide bonds. The molecule has 96 valence electrons. The lowest BCUT2D eigenvalue weighted by molar-refractivity contribution is -0.128. The summed E-state index contributed by atoms with van der Waals surface area (Å²) < 4.78 is 36.8. The van der Waals surface area contributed by atoms with E-state index in [4.69, 9.17) is 5.84 Å². The van der Waals surface area contributed by atoms with Gasteiger partial charge in [0.05, 0.1) is 5.69 Å². The van der Waals surface area contributed by atoms with E-state index in [0.29, 0.717) is 5.69 Å². The second-order valence-corrected chi connectivity index (χ2v) is 4.74. The van der Waals surface area contributed by atoms with Crippen molar-refractivity contribution < 1.29 is 13.2 Å². The maximum Gasteiger partial charge on any atom is 0.396 e. The number of hydrazine groups is 1. The van der Waals surface area contributed by atoms with Gasteiger partial charge < -0.3 is 5.43 Å². The highest BCUT2D eigenvalue weighted by atomic mass is 19.4. The topological polar surface area (TPSA) is 63.8 Å². The highest BCUT2D eigenvalue weighted by Gasteiger charge is 2.30. The van der Waals surface area contributed by atoms with Crippen molar-refractivity contribution in [2.75, 3.05) is 5.43 Å². The van der Waals surface area contributed by atoms with Gasteiger partial charge in [0, 0.05) is 11.5 Å². The molecule has 3 N–H and O–H groups in total. The Morgan fingerprint density at radius 2 is 1.82 bits per heavy atom. The Kier molecular flexibility index (Phi) is 3.61. The number of nitrogens with zero attached hydrogens (tertiary/aromatic N) is 2. The summed E-state index contributed by atoms with van der Waals surface area (Å²) >= 11 is 0. The molecule has 1 rings (SSSR count). The van der Waals surface area contributed by atoms with E-state index in [1.807, 2.05) is 20.8 Å². The summed E-state index contributed by atoms with van der Waals surface area (Å²) in [6.07, 6.45) is -5.49. The van der Waals surface area contributed by atoms with Gasteiger partial charge in [0.1, 0.15) is 18.1 Å². The van der Waals surface area contributed by atoms with Gasteiger partial charge in [0.15, 0.2) is 0 Å². The van der Waals surface area contributed by atoms with Crippen LogP contribution in [-0.4, -0.2) is 16.1 Å². The molecule has 0 aliphatic heterocycles. The first-order chi connectivity index (χ1) is 7.62. The van der Waals surface area contributed by atoms with E-state index in [9.17, 15) is 13.2 Å². The molecule has 1 aromatic heterocycles. The molecule has 1 heterocycles. The number of nitrogens with two attached hydrogens (primary N) is 1. The van der Waals surface area contributed by atoms with Gasteiger partial charge in [-0.25, -0.2) is 15.8 Å². The number of rotatable bonds is 2. The summed E-state index contributed by atoms with van der Waals surface area (Å²) in [4.78, 5) is 7.59. The standard InChI is InChI=1S/C10H15F3N4/c1-9(2,3)6-4-7(17-14)16-8(15-6)5-10(11,12)13/h4H,5,14H2,1-3H3,(H,15,16,17). The third-order valence-electron chi connectivity index (χ3n) is 2.05. The summed E-state index contributed by atoms with van der Waals surface area (Å²) in [6.45, 7) is 5.56. The molecule has 0 unspecified atom stereocenters. The monoisotopic (exact) mass is 248 g/mol. The molecule has 0 aliphatic carbocycles. The van der Waals surface area contributed by atoms with E-state index in [-0.39, 0.29) is 17.1 Å². The van der Waals surface area contributed by atoms with Crippen LogP contribution in [0.15, 0.2) is 6.07 Å². The van der Waals surface area contributed by atoms with E-state index >= 15 is 0 Å². The lowest BCUT2D eigenvalue weighted by Crippen LogP contribution is -2.21. The largest absolute Gasteiger partial charge is 0.396 e. The molecule has 7 heteroatoms. The molecule has 0 spiro atoms. The SMILES string of the molecule is CC(C)(C)c1cc(NN)nc(CC(F)(F)F)n1. The van der Waals surface area contributed by atoms with Crippen LogP contribution in [-0.2, 0) is 11.8 Å². The molecule has 0 aliphatic rings. The van der Waals surface area contributed by atoms with Crippen LogP contribution in [0.25, 0.3) is 0 Å². The molecule has 0 saturated carbocycles. The minimum absolute atomic E-state index is 0.184. The number of hydrogen-bond donors (Lipinski definition) is 2. The first-order valence-electron chi connectivity index (χ1n) is 5.03. The van der Waals surface area contributed by atoms with Crippen molar-refractivity contribution in [1.29, 1.82) is 0 Å². The summed E-state index contributed by atoms with van der Waals surface area (Å²) in [5.41, 5.74) is 2.39. The lowest BCUT2D eigenvalue weighted by Gasteiger charge is -2.19. The summed E-state index contributed by atoms with van der Waals surface area (Å²) in [5.74, 6) is 5.08. The van der Waals surface area contributed by atoms with Gasteiger partial charge in [-0.2, -0.15) is 13.2 Å². The quantitative estimate of drug-likeness (QED) is 0.622. The number of halogens is 3. The number of nitrogens with one attached hydrogen (secondary N) is 1. The van der Waals surface area contributed by atoms with Crippen LogP contribution in [0.4, 0.5) is 19.0 Å². The first kappa shape index (κ1) is 13.7. The van der Waals surface area contributed by atoms with Crippen molar-refractivity contribution in [2.45, 2.75) is 38.8 Å². The normalized spacial score (nSPS) is 12.6. The molecule has 4 nitrogen and oxygen atoms in total. The third kappa shape index (κ3) is 4.18. The van der Waals surface area contributed by atoms with Crippen LogP contribution in [0, 0.1) is 0 Å². The van der Waals surface area contributed by atoms with E-state index in [2.05, 4.69) is 15.4 Å². The number of alkyl halides is 3. The first-order valence-corrected chi connectivity index (χ1v) is 5.03. The van der Waals surface area contributed by atoms with E-state index in [0.717, 1.165) is 0 Å². The van der Waals surface area contributed by atoms with Crippen LogP contribution in [0.2, 0.25) is 0 Å². The van der Waals surface area contributed by atoms with Gasteiger partial charge in [-0.05, 0) is 0 Å². The van der Waals surface area contributed by atoms with Crippen molar-refractivity contribution >= 4 is 5.82 Å². The van der Waals surface area contributed by atoms with Gasteiger partial charge in [-0.3, -0.25) is 0 Å². The number of anilines is 1. The van der Waals surface area contributed by atoms with Crippen LogP contribution < -0.4 is 11.3 Å². The van der Waals surface area contributed by atoms with Crippen molar-refractivity contribution in [3.05, 3.63) is 17.6 Å². The molecule has 0 aromatic carbocycles. The van der Waals surface area contributed by atoms with Gasteiger partial charge in [-0.1, -0.05) is 20.8 Å². The fourth-order valence-corrected chi connectivity index (χ4v) is 1.21. The third-order valence-corrected chi connectivity index (χ3v) is 2.05. The molecule has 0 saturated heterocycles. The molecule has 17 heavy (non-hydrogen) atoms.